The van der Waals surface area contributed by atoms with Gasteiger partial charge >= 0.3 is 29.9 Å². The molecule has 0 aromatic rings. The van der Waals surface area contributed by atoms with Crippen LogP contribution in [0, 0.1) is 0 Å². The molecule has 0 amide bonds. The van der Waals surface area contributed by atoms with Crippen molar-refractivity contribution >= 4 is 29.9 Å². The molecule has 0 aliphatic heterocycles. The van der Waals surface area contributed by atoms with E-state index in [2.05, 4.69) is 11.7 Å². The minimum absolute atomic E-state index is 0. The second-order valence-corrected chi connectivity index (χ2v) is 4.15. The first-order valence-electron chi connectivity index (χ1n) is 6.38. The number of rotatable bonds is 10. The predicted octanol–water partition coefficient (Wildman–Crippen LogP) is 3.16. The van der Waals surface area contributed by atoms with Crippen molar-refractivity contribution in [3.8, 4) is 0 Å². The molecule has 2 nitrogen and oxygen atoms in total. The van der Waals surface area contributed by atoms with E-state index in [0.717, 1.165) is 6.42 Å². The Morgan fingerprint density at radius 3 is 1.75 bits per heavy atom. The summed E-state index contributed by atoms with van der Waals surface area (Å²) >= 11 is 0. The SMILES string of the molecule is CCCCCCCCCCCC(=O)OC.[SnH2]. The molecule has 96 valence electrons. The molecule has 0 aromatic carbocycles. The number of carbonyl (C=O) groups is 1. The number of hydrogen-bond donors (Lipinski definition) is 0. The van der Waals surface area contributed by atoms with Crippen LogP contribution in [0.3, 0.4) is 0 Å². The Morgan fingerprint density at radius 2 is 1.31 bits per heavy atom. The number of esters is 1. The summed E-state index contributed by atoms with van der Waals surface area (Å²) in [6, 6.07) is 0. The Labute approximate surface area is 117 Å². The number of methoxy groups -OCH3 is 1. The van der Waals surface area contributed by atoms with Crippen LogP contribution in [0.1, 0.15) is 71.1 Å². The van der Waals surface area contributed by atoms with Gasteiger partial charge in [0.05, 0.1) is 7.11 Å². The summed E-state index contributed by atoms with van der Waals surface area (Å²) in [5, 5.41) is 0. The van der Waals surface area contributed by atoms with Gasteiger partial charge in [-0.3, -0.25) is 4.79 Å². The van der Waals surface area contributed by atoms with Gasteiger partial charge in [0.25, 0.3) is 0 Å². The Balaban J connectivity index is 0. The van der Waals surface area contributed by atoms with Gasteiger partial charge in [0.2, 0.25) is 0 Å². The van der Waals surface area contributed by atoms with Crippen LogP contribution < -0.4 is 0 Å². The number of hydrogen-bond acceptors (Lipinski definition) is 2. The van der Waals surface area contributed by atoms with Crippen molar-refractivity contribution in [3.05, 3.63) is 0 Å². The molecule has 0 bridgehead atoms. The third-order valence-corrected chi connectivity index (χ3v) is 2.71. The van der Waals surface area contributed by atoms with Crippen LogP contribution >= 0.6 is 0 Å². The van der Waals surface area contributed by atoms with Gasteiger partial charge in [0.1, 0.15) is 0 Å². The molecule has 16 heavy (non-hydrogen) atoms. The second kappa shape index (κ2) is 15.3. The van der Waals surface area contributed by atoms with E-state index in [1.165, 1.54) is 58.5 Å². The van der Waals surface area contributed by atoms with Crippen molar-refractivity contribution < 1.29 is 9.53 Å². The van der Waals surface area contributed by atoms with Crippen LogP contribution in [0.5, 0.6) is 0 Å². The van der Waals surface area contributed by atoms with Crippen molar-refractivity contribution in [1.82, 2.24) is 0 Å². The fraction of sp³-hybridized carbons (Fsp3) is 0.923. The van der Waals surface area contributed by atoms with Crippen LogP contribution in [-0.2, 0) is 9.53 Å². The molecule has 0 aliphatic rings. The third-order valence-electron chi connectivity index (χ3n) is 2.71. The van der Waals surface area contributed by atoms with Crippen LogP contribution in [0.15, 0.2) is 0 Å². The first-order valence-corrected chi connectivity index (χ1v) is 6.38. The zero-order valence-electron chi connectivity index (χ0n) is 11.1. The summed E-state index contributed by atoms with van der Waals surface area (Å²) in [5.74, 6) is -0.0713. The zero-order chi connectivity index (χ0) is 11.4. The van der Waals surface area contributed by atoms with E-state index in [1.54, 1.807) is 0 Å². The van der Waals surface area contributed by atoms with Crippen LogP contribution in [0.25, 0.3) is 0 Å². The van der Waals surface area contributed by atoms with Crippen molar-refractivity contribution in [2.45, 2.75) is 71.1 Å². The zero-order valence-corrected chi connectivity index (χ0v) is 15.1. The number of carbonyl (C=O) groups excluding carboxylic acids is 1. The maximum atomic E-state index is 10.8. The fourth-order valence-corrected chi connectivity index (χ4v) is 1.68. The van der Waals surface area contributed by atoms with Gasteiger partial charge in [-0.25, -0.2) is 0 Å². The molecule has 0 heterocycles. The average Bonchev–Trinajstić information content (AvgIpc) is 2.26. The summed E-state index contributed by atoms with van der Waals surface area (Å²) in [6.07, 6.45) is 12.2. The van der Waals surface area contributed by atoms with E-state index in [0.29, 0.717) is 6.42 Å². The Bertz CT molecular complexity index is 149. The molecule has 0 atom stereocenters. The normalized spacial score (nSPS) is 9.62. The molecule has 2 radical (unpaired) electrons. The Kier molecular flexibility index (Phi) is 17.8. The summed E-state index contributed by atoms with van der Waals surface area (Å²) in [6.45, 7) is 2.24. The van der Waals surface area contributed by atoms with E-state index in [4.69, 9.17) is 0 Å². The third kappa shape index (κ3) is 14.3. The quantitative estimate of drug-likeness (QED) is 0.348. The summed E-state index contributed by atoms with van der Waals surface area (Å²) < 4.78 is 4.58. The van der Waals surface area contributed by atoms with Crippen molar-refractivity contribution in [2.75, 3.05) is 7.11 Å². The molecular weight excluding hydrogens is 307 g/mol. The van der Waals surface area contributed by atoms with Gasteiger partial charge in [-0.2, -0.15) is 0 Å². The minimum atomic E-state index is -0.0713. The van der Waals surface area contributed by atoms with E-state index in [1.807, 2.05) is 0 Å². The molecular formula is C13H28O2Sn. The molecule has 0 rings (SSSR count). The van der Waals surface area contributed by atoms with Crippen molar-refractivity contribution in [3.63, 3.8) is 0 Å². The fourth-order valence-electron chi connectivity index (χ4n) is 1.68. The molecule has 0 aromatic heterocycles. The van der Waals surface area contributed by atoms with E-state index in [-0.39, 0.29) is 29.9 Å². The molecule has 0 N–H and O–H groups in total. The second-order valence-electron chi connectivity index (χ2n) is 4.15. The Morgan fingerprint density at radius 1 is 0.875 bits per heavy atom. The van der Waals surface area contributed by atoms with Crippen LogP contribution in [0.2, 0.25) is 0 Å². The topological polar surface area (TPSA) is 26.3 Å². The van der Waals surface area contributed by atoms with E-state index >= 15 is 0 Å². The number of unbranched alkanes of at least 4 members (excludes halogenated alkanes) is 8. The summed E-state index contributed by atoms with van der Waals surface area (Å²) in [4.78, 5) is 10.8. The van der Waals surface area contributed by atoms with Gasteiger partial charge in [0.15, 0.2) is 0 Å². The molecule has 0 saturated heterocycles. The molecule has 0 spiro atoms. The van der Waals surface area contributed by atoms with Gasteiger partial charge in [-0.15, -0.1) is 0 Å². The van der Waals surface area contributed by atoms with Crippen LogP contribution in [-0.4, -0.2) is 37.0 Å². The van der Waals surface area contributed by atoms with Crippen molar-refractivity contribution in [2.24, 2.45) is 0 Å². The molecule has 0 unspecified atom stereocenters. The van der Waals surface area contributed by atoms with Gasteiger partial charge in [-0.1, -0.05) is 58.3 Å². The molecule has 0 fully saturated rings. The molecule has 3 heteroatoms. The number of ether oxygens (including phenoxy) is 1. The molecule has 0 saturated carbocycles. The van der Waals surface area contributed by atoms with Crippen molar-refractivity contribution in [1.29, 1.82) is 0 Å². The predicted molar refractivity (Wildman–Crippen MR) is 72.4 cm³/mol. The van der Waals surface area contributed by atoms with Gasteiger partial charge in [-0.05, 0) is 6.42 Å². The summed E-state index contributed by atoms with van der Waals surface area (Å²) in [7, 11) is 1.45. The van der Waals surface area contributed by atoms with Gasteiger partial charge in [0, 0.05) is 6.42 Å². The summed E-state index contributed by atoms with van der Waals surface area (Å²) in [5.41, 5.74) is 0. The maximum absolute atomic E-state index is 10.8. The first kappa shape index (κ1) is 18.6. The average molecular weight is 335 g/mol. The van der Waals surface area contributed by atoms with E-state index < -0.39 is 0 Å². The monoisotopic (exact) mass is 336 g/mol. The van der Waals surface area contributed by atoms with Gasteiger partial charge < -0.3 is 4.74 Å². The first-order chi connectivity index (χ1) is 7.31. The van der Waals surface area contributed by atoms with E-state index in [9.17, 15) is 4.79 Å². The standard InChI is InChI=1S/C13H26O2.Sn.2H/c1-3-4-5-6-7-8-9-10-11-12-13(14)15-2;;;/h3-12H2,1-2H3;;;. The Hall–Kier alpha value is 0.269. The molecule has 0 aliphatic carbocycles. The van der Waals surface area contributed by atoms with Crippen LogP contribution in [0.4, 0.5) is 0 Å².